The van der Waals surface area contributed by atoms with E-state index in [1.54, 1.807) is 6.07 Å². The van der Waals surface area contributed by atoms with Crippen molar-refractivity contribution in [2.45, 2.75) is 58.6 Å². The molecule has 7 nitrogen and oxygen atoms in total. The number of rotatable bonds is 8. The number of piperidine rings is 1. The van der Waals surface area contributed by atoms with Crippen LogP contribution in [0.2, 0.25) is 0 Å². The van der Waals surface area contributed by atoms with Gasteiger partial charge in [-0.2, -0.15) is 0 Å². The van der Waals surface area contributed by atoms with Crippen LogP contribution in [0.5, 0.6) is 5.75 Å². The summed E-state index contributed by atoms with van der Waals surface area (Å²) in [7, 11) is 2.10. The van der Waals surface area contributed by atoms with Crippen LogP contribution in [-0.4, -0.2) is 53.1 Å². The second-order valence-corrected chi connectivity index (χ2v) is 9.83. The number of aromatic nitrogens is 2. The zero-order valence-corrected chi connectivity index (χ0v) is 21.0. The molecule has 0 spiro atoms. The van der Waals surface area contributed by atoms with Gasteiger partial charge in [-0.05, 0) is 70.4 Å². The molecule has 34 heavy (non-hydrogen) atoms. The molecule has 1 saturated heterocycles. The molecule has 3 aromatic rings. The SMILES string of the molecule is CCC(CC)Oc1cc(F)ccc1Nc1ncnc2sc(C(=O)NC3CCN(C)CC3)c(C)c12. The van der Waals surface area contributed by atoms with Crippen LogP contribution < -0.4 is 15.4 Å². The van der Waals surface area contributed by atoms with Gasteiger partial charge in [0.25, 0.3) is 5.91 Å². The molecule has 0 radical (unpaired) electrons. The van der Waals surface area contributed by atoms with Gasteiger partial charge in [0, 0.05) is 12.1 Å². The van der Waals surface area contributed by atoms with Crippen molar-refractivity contribution in [2.75, 3.05) is 25.5 Å². The first-order valence-corrected chi connectivity index (χ1v) is 12.7. The molecule has 0 atom stereocenters. The van der Waals surface area contributed by atoms with E-state index in [-0.39, 0.29) is 23.9 Å². The Bertz CT molecular complexity index is 1160. The van der Waals surface area contributed by atoms with Crippen LogP contribution in [0.25, 0.3) is 10.2 Å². The van der Waals surface area contributed by atoms with E-state index in [9.17, 15) is 9.18 Å². The summed E-state index contributed by atoms with van der Waals surface area (Å²) < 4.78 is 20.1. The fourth-order valence-electron chi connectivity index (χ4n) is 4.25. The van der Waals surface area contributed by atoms with Crippen molar-refractivity contribution in [1.29, 1.82) is 0 Å². The lowest BCUT2D eigenvalue weighted by Crippen LogP contribution is -2.43. The lowest BCUT2D eigenvalue weighted by atomic mass is 10.1. The number of halogens is 1. The van der Waals surface area contributed by atoms with E-state index in [0.717, 1.165) is 54.6 Å². The Morgan fingerprint density at radius 1 is 1.26 bits per heavy atom. The average molecular weight is 486 g/mol. The molecular formula is C25H32FN5O2S. The van der Waals surface area contributed by atoms with Crippen LogP contribution in [0.4, 0.5) is 15.9 Å². The van der Waals surface area contributed by atoms with Crippen LogP contribution in [0.15, 0.2) is 24.5 Å². The maximum absolute atomic E-state index is 14.0. The van der Waals surface area contributed by atoms with E-state index in [4.69, 9.17) is 4.74 Å². The normalized spacial score (nSPS) is 15.1. The zero-order valence-electron chi connectivity index (χ0n) is 20.2. The number of carbonyl (C=O) groups is 1. The van der Waals surface area contributed by atoms with E-state index in [1.807, 2.05) is 20.8 Å². The van der Waals surface area contributed by atoms with E-state index in [0.29, 0.717) is 22.1 Å². The number of thiophene rings is 1. The molecule has 182 valence electrons. The maximum Gasteiger partial charge on any atom is 0.261 e. The third-order valence-corrected chi connectivity index (χ3v) is 7.59. The summed E-state index contributed by atoms with van der Waals surface area (Å²) in [5.41, 5.74) is 1.45. The Labute approximate surface area is 203 Å². The van der Waals surface area contributed by atoms with Gasteiger partial charge in [-0.1, -0.05) is 13.8 Å². The van der Waals surface area contributed by atoms with Gasteiger partial charge in [-0.15, -0.1) is 11.3 Å². The van der Waals surface area contributed by atoms with E-state index < -0.39 is 0 Å². The molecule has 4 rings (SSSR count). The second kappa shape index (κ2) is 10.7. The van der Waals surface area contributed by atoms with Gasteiger partial charge in [-0.3, -0.25) is 4.79 Å². The van der Waals surface area contributed by atoms with Crippen molar-refractivity contribution in [2.24, 2.45) is 0 Å². The van der Waals surface area contributed by atoms with E-state index in [1.165, 1.54) is 29.8 Å². The molecule has 1 aliphatic heterocycles. The third kappa shape index (κ3) is 5.31. The molecular weight excluding hydrogens is 453 g/mol. The molecule has 2 N–H and O–H groups in total. The number of carbonyl (C=O) groups excluding carboxylic acids is 1. The standard InChI is InChI=1S/C25H32FN5O2S/c1-5-18(6-2)33-20-13-16(26)7-8-19(20)30-23-21-15(3)22(34-25(21)28-14-27-23)24(32)29-17-9-11-31(4)12-10-17/h7-8,13-14,17-18H,5-6,9-12H2,1-4H3,(H,29,32)(H,27,28,30). The topological polar surface area (TPSA) is 79.4 Å². The number of nitrogens with one attached hydrogen (secondary N) is 2. The van der Waals surface area contributed by atoms with Crippen LogP contribution in [0.1, 0.15) is 54.8 Å². The molecule has 0 saturated carbocycles. The lowest BCUT2D eigenvalue weighted by Gasteiger charge is -2.29. The quantitative estimate of drug-likeness (QED) is 0.452. The number of ether oxygens (including phenoxy) is 1. The molecule has 1 amide bonds. The van der Waals surface area contributed by atoms with E-state index in [2.05, 4.69) is 32.5 Å². The summed E-state index contributed by atoms with van der Waals surface area (Å²) in [6.07, 6.45) is 5.01. The van der Waals surface area contributed by atoms with Gasteiger partial charge in [0.1, 0.15) is 28.5 Å². The summed E-state index contributed by atoms with van der Waals surface area (Å²) in [4.78, 5) is 25.6. The molecule has 0 unspecified atom stereocenters. The van der Waals surface area contributed by atoms with Crippen LogP contribution in [0.3, 0.4) is 0 Å². The number of benzene rings is 1. The number of aryl methyl sites for hydroxylation is 1. The molecule has 1 aliphatic rings. The Kier molecular flexibility index (Phi) is 7.63. The summed E-state index contributed by atoms with van der Waals surface area (Å²) in [6, 6.07) is 4.61. The minimum Gasteiger partial charge on any atom is -0.488 e. The Morgan fingerprint density at radius 2 is 2.00 bits per heavy atom. The smallest absolute Gasteiger partial charge is 0.261 e. The predicted molar refractivity (Wildman–Crippen MR) is 135 cm³/mol. The first kappa shape index (κ1) is 24.3. The number of anilines is 2. The number of hydrogen-bond acceptors (Lipinski definition) is 7. The van der Waals surface area contributed by atoms with Crippen molar-refractivity contribution >= 4 is 39.0 Å². The Hall–Kier alpha value is -2.78. The third-order valence-electron chi connectivity index (χ3n) is 6.39. The minimum absolute atomic E-state index is 0.00877. The van der Waals surface area contributed by atoms with Crippen molar-refractivity contribution in [3.63, 3.8) is 0 Å². The molecule has 0 bridgehead atoms. The minimum atomic E-state index is -0.362. The van der Waals surface area contributed by atoms with Crippen molar-refractivity contribution in [3.05, 3.63) is 40.8 Å². The van der Waals surface area contributed by atoms with Crippen molar-refractivity contribution in [3.8, 4) is 5.75 Å². The van der Waals surface area contributed by atoms with Crippen LogP contribution >= 0.6 is 11.3 Å². The molecule has 9 heteroatoms. The molecule has 3 heterocycles. The Morgan fingerprint density at radius 3 is 2.71 bits per heavy atom. The van der Waals surface area contributed by atoms with Crippen molar-refractivity contribution in [1.82, 2.24) is 20.2 Å². The number of amides is 1. The van der Waals surface area contributed by atoms with Gasteiger partial charge in [0.2, 0.25) is 0 Å². The zero-order chi connectivity index (χ0) is 24.2. The summed E-state index contributed by atoms with van der Waals surface area (Å²) in [5, 5.41) is 7.28. The van der Waals surface area contributed by atoms with Crippen LogP contribution in [0, 0.1) is 12.7 Å². The Balaban J connectivity index is 1.61. The van der Waals surface area contributed by atoms with Gasteiger partial charge < -0.3 is 20.3 Å². The lowest BCUT2D eigenvalue weighted by molar-refractivity contribution is 0.0920. The highest BCUT2D eigenvalue weighted by atomic mass is 32.1. The number of hydrogen-bond donors (Lipinski definition) is 2. The van der Waals surface area contributed by atoms with Gasteiger partial charge in [-0.25, -0.2) is 14.4 Å². The maximum atomic E-state index is 14.0. The summed E-state index contributed by atoms with van der Waals surface area (Å²) >= 11 is 1.37. The van der Waals surface area contributed by atoms with Crippen molar-refractivity contribution < 1.29 is 13.9 Å². The molecule has 1 fully saturated rings. The molecule has 2 aromatic heterocycles. The fourth-order valence-corrected chi connectivity index (χ4v) is 5.30. The second-order valence-electron chi connectivity index (χ2n) is 8.83. The van der Waals surface area contributed by atoms with Gasteiger partial charge in [0.05, 0.1) is 22.1 Å². The number of nitrogens with zero attached hydrogens (tertiary/aromatic N) is 3. The highest BCUT2D eigenvalue weighted by Gasteiger charge is 2.24. The largest absolute Gasteiger partial charge is 0.488 e. The highest BCUT2D eigenvalue weighted by Crippen LogP contribution is 2.37. The summed E-state index contributed by atoms with van der Waals surface area (Å²) in [6.45, 7) is 7.97. The van der Waals surface area contributed by atoms with Crippen LogP contribution in [-0.2, 0) is 0 Å². The van der Waals surface area contributed by atoms with Gasteiger partial charge in [0.15, 0.2) is 0 Å². The molecule has 1 aromatic carbocycles. The monoisotopic (exact) mass is 485 g/mol. The van der Waals surface area contributed by atoms with Gasteiger partial charge >= 0.3 is 0 Å². The number of likely N-dealkylation sites (tertiary alicyclic amines) is 1. The highest BCUT2D eigenvalue weighted by molar-refractivity contribution is 7.20. The number of fused-ring (bicyclic) bond motifs is 1. The predicted octanol–water partition coefficient (Wildman–Crippen LogP) is 5.27. The molecule has 0 aliphatic carbocycles. The fraction of sp³-hybridized carbons (Fsp3) is 0.480. The van der Waals surface area contributed by atoms with E-state index >= 15 is 0 Å². The first-order chi connectivity index (χ1) is 16.4. The average Bonchev–Trinajstić information content (AvgIpc) is 3.18. The first-order valence-electron chi connectivity index (χ1n) is 11.9. The summed E-state index contributed by atoms with van der Waals surface area (Å²) in [5.74, 6) is 0.575.